The number of nitrogens with zero attached hydrogens (tertiary/aromatic N) is 2. The molecule has 0 aromatic carbocycles. The fourth-order valence-corrected chi connectivity index (χ4v) is 5.15. The summed E-state index contributed by atoms with van der Waals surface area (Å²) in [6.45, 7) is 8.56. The molecule has 3 heterocycles. The Morgan fingerprint density at radius 1 is 1.23 bits per heavy atom. The first-order valence-corrected chi connectivity index (χ1v) is 10.4. The molecule has 0 radical (unpaired) electrons. The van der Waals surface area contributed by atoms with Gasteiger partial charge < -0.3 is 9.47 Å². The molecule has 2 fully saturated rings. The molecular weight excluding hydrogens is 344 g/mol. The van der Waals surface area contributed by atoms with Crippen molar-refractivity contribution in [2.45, 2.75) is 52.0 Å². The van der Waals surface area contributed by atoms with E-state index in [1.165, 1.54) is 16.2 Å². The molecule has 140 valence electrons. The van der Waals surface area contributed by atoms with Crippen molar-refractivity contribution in [1.82, 2.24) is 9.88 Å². The molecule has 1 saturated carbocycles. The maximum atomic E-state index is 6.08. The highest BCUT2D eigenvalue weighted by molar-refractivity contribution is 7.11. The molecule has 2 aliphatic rings. The van der Waals surface area contributed by atoms with E-state index >= 15 is 0 Å². The van der Waals surface area contributed by atoms with E-state index in [0.29, 0.717) is 24.7 Å². The van der Waals surface area contributed by atoms with E-state index in [1.807, 2.05) is 36.5 Å². The Kier molecular flexibility index (Phi) is 5.69. The molecular formula is C21H28N2O2S. The molecule has 4 rings (SSSR count). The Hall–Kier alpha value is -1.27. The number of aryl methyl sites for hydroxylation is 2. The summed E-state index contributed by atoms with van der Waals surface area (Å²) in [5.41, 5.74) is 2.07. The predicted molar refractivity (Wildman–Crippen MR) is 104 cm³/mol. The molecule has 0 amide bonds. The summed E-state index contributed by atoms with van der Waals surface area (Å²) in [4.78, 5) is 10.0. The van der Waals surface area contributed by atoms with Gasteiger partial charge in [0.15, 0.2) is 0 Å². The van der Waals surface area contributed by atoms with E-state index in [0.717, 1.165) is 44.1 Å². The Bertz CT molecular complexity index is 732. The van der Waals surface area contributed by atoms with Gasteiger partial charge >= 0.3 is 0 Å². The van der Waals surface area contributed by atoms with Gasteiger partial charge in [-0.1, -0.05) is 6.07 Å². The number of hydrogen-bond donors (Lipinski definition) is 0. The summed E-state index contributed by atoms with van der Waals surface area (Å²) in [6, 6.07) is 11.1. The van der Waals surface area contributed by atoms with Crippen molar-refractivity contribution in [2.24, 2.45) is 5.92 Å². The third kappa shape index (κ3) is 4.34. The van der Waals surface area contributed by atoms with Crippen molar-refractivity contribution in [2.75, 3.05) is 19.8 Å². The third-order valence-electron chi connectivity index (χ3n) is 5.45. The minimum Gasteiger partial charge on any atom is -0.375 e. The standard InChI is InChI=1S/C21H28N2O2S/c1-15-4-3-5-18(22-15)14-24-13-17-10-20-21(11-17)25-9-8-23(20)12-19-7-6-16(2)26-19/h3-7,17,20-21H,8-14H2,1-2H3/t17-,20+,21+/m0/s1. The molecule has 2 aromatic heterocycles. The Morgan fingerprint density at radius 3 is 2.96 bits per heavy atom. The van der Waals surface area contributed by atoms with E-state index in [9.17, 15) is 0 Å². The SMILES string of the molecule is Cc1cccc(COC[C@H]2C[C@@H]3[C@@H](C2)OCCN3Cc2ccc(C)s2)n1. The molecule has 3 atom stereocenters. The molecule has 26 heavy (non-hydrogen) atoms. The van der Waals surface area contributed by atoms with Gasteiger partial charge in [-0.05, 0) is 56.9 Å². The van der Waals surface area contributed by atoms with Crippen LogP contribution in [-0.2, 0) is 22.6 Å². The van der Waals surface area contributed by atoms with Gasteiger partial charge in [-0.2, -0.15) is 0 Å². The molecule has 5 heteroatoms. The quantitative estimate of drug-likeness (QED) is 0.769. The van der Waals surface area contributed by atoms with Gasteiger partial charge in [0.05, 0.1) is 31.6 Å². The molecule has 2 aromatic rings. The smallest absolute Gasteiger partial charge is 0.0888 e. The summed E-state index contributed by atoms with van der Waals surface area (Å²) < 4.78 is 12.1. The van der Waals surface area contributed by atoms with E-state index in [1.54, 1.807) is 0 Å². The zero-order valence-corrected chi connectivity index (χ0v) is 16.5. The zero-order valence-electron chi connectivity index (χ0n) is 15.7. The van der Waals surface area contributed by atoms with Crippen LogP contribution in [-0.4, -0.2) is 41.8 Å². The van der Waals surface area contributed by atoms with Crippen LogP contribution >= 0.6 is 11.3 Å². The second-order valence-electron chi connectivity index (χ2n) is 7.58. The summed E-state index contributed by atoms with van der Waals surface area (Å²) in [5, 5.41) is 0. The van der Waals surface area contributed by atoms with Gasteiger partial charge in [-0.3, -0.25) is 9.88 Å². The summed E-state index contributed by atoms with van der Waals surface area (Å²) >= 11 is 1.91. The molecule has 1 aliphatic carbocycles. The number of rotatable bonds is 6. The number of fused-ring (bicyclic) bond motifs is 1. The Balaban J connectivity index is 1.29. The number of ether oxygens (including phenoxy) is 2. The monoisotopic (exact) mass is 372 g/mol. The first kappa shape index (κ1) is 18.1. The van der Waals surface area contributed by atoms with Crippen molar-refractivity contribution in [3.05, 3.63) is 51.5 Å². The summed E-state index contributed by atoms with van der Waals surface area (Å²) in [6.07, 6.45) is 2.66. The molecule has 0 N–H and O–H groups in total. The lowest BCUT2D eigenvalue weighted by atomic mass is 10.1. The molecule has 0 spiro atoms. The lowest BCUT2D eigenvalue weighted by Crippen LogP contribution is -2.47. The third-order valence-corrected chi connectivity index (χ3v) is 6.44. The Labute approximate surface area is 160 Å². The van der Waals surface area contributed by atoms with Crippen LogP contribution in [0.1, 0.15) is 34.0 Å². The Morgan fingerprint density at radius 2 is 2.15 bits per heavy atom. The van der Waals surface area contributed by atoms with Crippen molar-refractivity contribution >= 4 is 11.3 Å². The number of thiophene rings is 1. The van der Waals surface area contributed by atoms with Crippen LogP contribution in [0.25, 0.3) is 0 Å². The van der Waals surface area contributed by atoms with Gasteiger partial charge in [0, 0.05) is 34.6 Å². The number of aromatic nitrogens is 1. The minimum atomic E-state index is 0.371. The second-order valence-corrected chi connectivity index (χ2v) is 8.95. The highest BCUT2D eigenvalue weighted by Gasteiger charge is 2.41. The fraction of sp³-hybridized carbons (Fsp3) is 0.571. The average Bonchev–Trinajstić information content (AvgIpc) is 3.21. The maximum Gasteiger partial charge on any atom is 0.0888 e. The first-order chi connectivity index (χ1) is 12.7. The van der Waals surface area contributed by atoms with Crippen molar-refractivity contribution < 1.29 is 9.47 Å². The van der Waals surface area contributed by atoms with Gasteiger partial charge in [-0.25, -0.2) is 0 Å². The molecule has 4 nitrogen and oxygen atoms in total. The highest BCUT2D eigenvalue weighted by Crippen LogP contribution is 2.35. The summed E-state index contributed by atoms with van der Waals surface area (Å²) in [7, 11) is 0. The average molecular weight is 373 g/mol. The molecule has 1 saturated heterocycles. The van der Waals surface area contributed by atoms with Gasteiger partial charge in [0.25, 0.3) is 0 Å². The second kappa shape index (κ2) is 8.17. The van der Waals surface area contributed by atoms with E-state index in [4.69, 9.17) is 9.47 Å². The maximum absolute atomic E-state index is 6.08. The van der Waals surface area contributed by atoms with Crippen molar-refractivity contribution in [1.29, 1.82) is 0 Å². The van der Waals surface area contributed by atoms with Crippen LogP contribution in [0.4, 0.5) is 0 Å². The van der Waals surface area contributed by atoms with Gasteiger partial charge in [0.1, 0.15) is 0 Å². The minimum absolute atomic E-state index is 0.371. The lowest BCUT2D eigenvalue weighted by molar-refractivity contribution is -0.0588. The number of hydrogen-bond acceptors (Lipinski definition) is 5. The van der Waals surface area contributed by atoms with E-state index < -0.39 is 0 Å². The van der Waals surface area contributed by atoms with Crippen molar-refractivity contribution in [3.8, 4) is 0 Å². The molecule has 0 unspecified atom stereocenters. The van der Waals surface area contributed by atoms with E-state index in [2.05, 4.69) is 28.9 Å². The van der Waals surface area contributed by atoms with Crippen LogP contribution in [0.3, 0.4) is 0 Å². The van der Waals surface area contributed by atoms with Crippen LogP contribution in [0.5, 0.6) is 0 Å². The zero-order chi connectivity index (χ0) is 17.9. The number of morpholine rings is 1. The van der Waals surface area contributed by atoms with Crippen molar-refractivity contribution in [3.63, 3.8) is 0 Å². The summed E-state index contributed by atoms with van der Waals surface area (Å²) in [5.74, 6) is 0.584. The molecule has 0 bridgehead atoms. The fourth-order valence-electron chi connectivity index (χ4n) is 4.24. The predicted octanol–water partition coefficient (Wildman–Crippen LogP) is 3.96. The first-order valence-electron chi connectivity index (χ1n) is 9.58. The lowest BCUT2D eigenvalue weighted by Gasteiger charge is -2.37. The van der Waals surface area contributed by atoms with Crippen LogP contribution in [0.15, 0.2) is 30.3 Å². The van der Waals surface area contributed by atoms with Crippen LogP contribution in [0.2, 0.25) is 0 Å². The van der Waals surface area contributed by atoms with Gasteiger partial charge in [0.2, 0.25) is 0 Å². The van der Waals surface area contributed by atoms with Crippen LogP contribution in [0, 0.1) is 19.8 Å². The van der Waals surface area contributed by atoms with Gasteiger partial charge in [-0.15, -0.1) is 11.3 Å². The highest BCUT2D eigenvalue weighted by atomic mass is 32.1. The van der Waals surface area contributed by atoms with Crippen LogP contribution < -0.4 is 0 Å². The largest absolute Gasteiger partial charge is 0.375 e. The topological polar surface area (TPSA) is 34.6 Å². The molecule has 1 aliphatic heterocycles. The number of pyridine rings is 1. The van der Waals surface area contributed by atoms with E-state index in [-0.39, 0.29) is 0 Å². The normalized spacial score (nSPS) is 26.2.